The number of Topliss-reactive ketones (excluding diaryl/α,β-unsaturated/α-hetero) is 1. The maximum Gasteiger partial charge on any atom is 0.129 e. The molecule has 2 heteroatoms. The molecule has 0 aliphatic rings. The van der Waals surface area contributed by atoms with Gasteiger partial charge in [0.15, 0.2) is 0 Å². The molecule has 180 valence electrons. The Bertz CT molecular complexity index is 351. The molecule has 0 aliphatic heterocycles. The first-order valence-corrected chi connectivity index (χ1v) is 13.7. The van der Waals surface area contributed by atoms with Gasteiger partial charge in [-0.05, 0) is 32.1 Å². The molecule has 0 saturated heterocycles. The molecule has 0 fully saturated rings. The second-order valence-electron chi connectivity index (χ2n) is 10.2. The SMILES string of the molecule is CC(=O)CCCCCCCCCCCCCC(O)CCCCCCCCCC(C)C. The zero-order chi connectivity index (χ0) is 22.3. The lowest BCUT2D eigenvalue weighted by atomic mass is 10.0. The van der Waals surface area contributed by atoms with E-state index < -0.39 is 0 Å². The van der Waals surface area contributed by atoms with Crippen LogP contribution in [0.15, 0.2) is 0 Å². The largest absolute Gasteiger partial charge is 0.393 e. The molecule has 0 spiro atoms. The smallest absolute Gasteiger partial charge is 0.129 e. The lowest BCUT2D eigenvalue weighted by molar-refractivity contribution is -0.117. The van der Waals surface area contributed by atoms with Crippen molar-refractivity contribution in [3.63, 3.8) is 0 Å². The number of carbonyl (C=O) groups excluding carboxylic acids is 1. The number of unbranched alkanes of at least 4 members (excludes halogenated alkanes) is 16. The third kappa shape index (κ3) is 25.7. The van der Waals surface area contributed by atoms with E-state index in [1.807, 2.05) is 0 Å². The van der Waals surface area contributed by atoms with Crippen molar-refractivity contribution >= 4 is 5.78 Å². The Morgan fingerprint density at radius 2 is 0.833 bits per heavy atom. The molecule has 0 radical (unpaired) electrons. The van der Waals surface area contributed by atoms with Crippen LogP contribution in [-0.4, -0.2) is 17.0 Å². The van der Waals surface area contributed by atoms with Crippen LogP contribution in [-0.2, 0) is 4.79 Å². The number of hydrogen-bond donors (Lipinski definition) is 1. The number of aliphatic hydroxyl groups excluding tert-OH is 1. The highest BCUT2D eigenvalue weighted by Gasteiger charge is 2.04. The van der Waals surface area contributed by atoms with E-state index in [0.29, 0.717) is 5.78 Å². The Kier molecular flexibility index (Phi) is 23.0. The van der Waals surface area contributed by atoms with E-state index in [-0.39, 0.29) is 6.10 Å². The number of hydrogen-bond acceptors (Lipinski definition) is 2. The predicted octanol–water partition coefficient (Wildman–Crippen LogP) is 9.17. The lowest BCUT2D eigenvalue weighted by Crippen LogP contribution is -2.05. The second-order valence-corrected chi connectivity index (χ2v) is 10.2. The van der Waals surface area contributed by atoms with Crippen LogP contribution in [0.5, 0.6) is 0 Å². The van der Waals surface area contributed by atoms with E-state index >= 15 is 0 Å². The number of ketones is 1. The molecular weight excluding hydrogens is 368 g/mol. The Morgan fingerprint density at radius 1 is 0.533 bits per heavy atom. The first-order chi connectivity index (χ1) is 14.5. The van der Waals surface area contributed by atoms with Gasteiger partial charge in [0, 0.05) is 6.42 Å². The molecule has 0 aromatic heterocycles. The summed E-state index contributed by atoms with van der Waals surface area (Å²) in [5, 5.41) is 10.1. The minimum Gasteiger partial charge on any atom is -0.393 e. The topological polar surface area (TPSA) is 37.3 Å². The molecule has 0 rings (SSSR count). The van der Waals surface area contributed by atoms with Crippen molar-refractivity contribution in [2.24, 2.45) is 5.92 Å². The predicted molar refractivity (Wildman–Crippen MR) is 133 cm³/mol. The minimum atomic E-state index is -0.0564. The molecule has 1 N–H and O–H groups in total. The van der Waals surface area contributed by atoms with E-state index in [0.717, 1.165) is 31.6 Å². The molecule has 1 atom stereocenters. The van der Waals surface area contributed by atoms with Crippen molar-refractivity contribution in [3.8, 4) is 0 Å². The summed E-state index contributed by atoms with van der Waals surface area (Å²) < 4.78 is 0. The molecule has 0 bridgehead atoms. The fourth-order valence-corrected chi connectivity index (χ4v) is 4.31. The number of rotatable bonds is 24. The molecule has 2 nitrogen and oxygen atoms in total. The first kappa shape index (κ1) is 29.6. The highest BCUT2D eigenvalue weighted by Crippen LogP contribution is 2.16. The van der Waals surface area contributed by atoms with E-state index in [4.69, 9.17) is 0 Å². The monoisotopic (exact) mass is 424 g/mol. The Labute approximate surface area is 190 Å². The van der Waals surface area contributed by atoms with Gasteiger partial charge < -0.3 is 9.90 Å². The average Bonchev–Trinajstić information content (AvgIpc) is 2.69. The summed E-state index contributed by atoms with van der Waals surface area (Å²) in [6, 6.07) is 0. The molecule has 0 heterocycles. The van der Waals surface area contributed by atoms with E-state index in [2.05, 4.69) is 13.8 Å². The summed E-state index contributed by atoms with van der Waals surface area (Å²) in [5.41, 5.74) is 0. The highest BCUT2D eigenvalue weighted by molar-refractivity contribution is 5.75. The Hall–Kier alpha value is -0.370. The number of aliphatic hydroxyl groups is 1. The van der Waals surface area contributed by atoms with E-state index in [1.54, 1.807) is 6.92 Å². The number of carbonyl (C=O) groups is 1. The van der Waals surface area contributed by atoms with Crippen LogP contribution in [0.4, 0.5) is 0 Å². The van der Waals surface area contributed by atoms with Crippen molar-refractivity contribution in [2.75, 3.05) is 0 Å². The van der Waals surface area contributed by atoms with Gasteiger partial charge in [-0.2, -0.15) is 0 Å². The van der Waals surface area contributed by atoms with Crippen molar-refractivity contribution in [2.45, 2.75) is 168 Å². The summed E-state index contributed by atoms with van der Waals surface area (Å²) in [4.78, 5) is 10.9. The van der Waals surface area contributed by atoms with Crippen LogP contribution < -0.4 is 0 Å². The van der Waals surface area contributed by atoms with Gasteiger partial charge in [-0.25, -0.2) is 0 Å². The van der Waals surface area contributed by atoms with Crippen LogP contribution in [0.3, 0.4) is 0 Å². The molecule has 0 amide bonds. The lowest BCUT2D eigenvalue weighted by Gasteiger charge is -2.10. The average molecular weight is 425 g/mol. The zero-order valence-corrected chi connectivity index (χ0v) is 21.1. The summed E-state index contributed by atoms with van der Waals surface area (Å²) in [5.74, 6) is 1.19. The summed E-state index contributed by atoms with van der Waals surface area (Å²) in [6.07, 6.45) is 27.8. The zero-order valence-electron chi connectivity index (χ0n) is 21.1. The summed E-state index contributed by atoms with van der Waals surface area (Å²) >= 11 is 0. The first-order valence-electron chi connectivity index (χ1n) is 13.7. The molecule has 0 aromatic rings. The fourth-order valence-electron chi connectivity index (χ4n) is 4.31. The second kappa shape index (κ2) is 23.3. The molecule has 0 saturated carbocycles. The van der Waals surface area contributed by atoms with Crippen molar-refractivity contribution in [1.82, 2.24) is 0 Å². The standard InChI is InChI=1S/C28H56O2/c1-26(2)22-18-14-10-9-13-17-21-25-28(30)24-20-16-12-8-6-4-5-7-11-15-19-23-27(3)29/h26,28,30H,4-25H2,1-3H3. The molecule has 0 aromatic carbocycles. The van der Waals surface area contributed by atoms with Gasteiger partial charge in [0.1, 0.15) is 5.78 Å². The maximum absolute atomic E-state index is 10.9. The maximum atomic E-state index is 10.9. The molecular formula is C28H56O2. The third-order valence-corrected chi connectivity index (χ3v) is 6.39. The third-order valence-electron chi connectivity index (χ3n) is 6.39. The Balaban J connectivity index is 3.16. The molecule has 1 unspecified atom stereocenters. The van der Waals surface area contributed by atoms with Crippen molar-refractivity contribution < 1.29 is 9.90 Å². The van der Waals surface area contributed by atoms with Crippen LogP contribution in [0.25, 0.3) is 0 Å². The van der Waals surface area contributed by atoms with Crippen LogP contribution in [0.2, 0.25) is 0 Å². The Morgan fingerprint density at radius 3 is 1.17 bits per heavy atom. The van der Waals surface area contributed by atoms with Crippen LogP contribution in [0.1, 0.15) is 162 Å². The fraction of sp³-hybridized carbons (Fsp3) is 0.964. The normalized spacial score (nSPS) is 12.6. The van der Waals surface area contributed by atoms with Gasteiger partial charge in [0.05, 0.1) is 6.10 Å². The van der Waals surface area contributed by atoms with Crippen LogP contribution >= 0.6 is 0 Å². The van der Waals surface area contributed by atoms with Gasteiger partial charge in [0.2, 0.25) is 0 Å². The van der Waals surface area contributed by atoms with E-state index in [1.165, 1.54) is 116 Å². The van der Waals surface area contributed by atoms with Gasteiger partial charge >= 0.3 is 0 Å². The highest BCUT2D eigenvalue weighted by atomic mass is 16.3. The minimum absolute atomic E-state index is 0.0564. The molecule has 30 heavy (non-hydrogen) atoms. The summed E-state index contributed by atoms with van der Waals surface area (Å²) in [6.45, 7) is 6.32. The quantitative estimate of drug-likeness (QED) is 0.157. The van der Waals surface area contributed by atoms with Crippen LogP contribution in [0, 0.1) is 5.92 Å². The molecule has 0 aliphatic carbocycles. The summed E-state index contributed by atoms with van der Waals surface area (Å²) in [7, 11) is 0. The van der Waals surface area contributed by atoms with Crippen molar-refractivity contribution in [3.05, 3.63) is 0 Å². The van der Waals surface area contributed by atoms with Gasteiger partial charge in [0.25, 0.3) is 0 Å². The van der Waals surface area contributed by atoms with Gasteiger partial charge in [-0.1, -0.05) is 129 Å². The van der Waals surface area contributed by atoms with Gasteiger partial charge in [-0.15, -0.1) is 0 Å². The van der Waals surface area contributed by atoms with Gasteiger partial charge in [-0.3, -0.25) is 0 Å². The van der Waals surface area contributed by atoms with E-state index in [9.17, 15) is 9.90 Å². The van der Waals surface area contributed by atoms with Crippen molar-refractivity contribution in [1.29, 1.82) is 0 Å².